The first kappa shape index (κ1) is 18.9. The second-order valence-electron chi connectivity index (χ2n) is 7.73. The molecule has 0 fully saturated rings. The van der Waals surface area contributed by atoms with Gasteiger partial charge in [0, 0.05) is 29.9 Å². The molecule has 0 saturated heterocycles. The van der Waals surface area contributed by atoms with E-state index in [2.05, 4.69) is 10.6 Å². The van der Waals surface area contributed by atoms with E-state index >= 15 is 0 Å². The largest absolute Gasteiger partial charge is 0.334 e. The maximum atomic E-state index is 12.9. The zero-order chi connectivity index (χ0) is 19.6. The molecule has 0 aliphatic carbocycles. The highest BCUT2D eigenvalue weighted by Gasteiger charge is 2.32. The minimum absolute atomic E-state index is 0.0687. The number of hydrogen-bond donors (Lipinski definition) is 2. The first-order valence-electron chi connectivity index (χ1n) is 8.98. The number of anilines is 2. The van der Waals surface area contributed by atoms with E-state index in [9.17, 15) is 14.0 Å². The van der Waals surface area contributed by atoms with Gasteiger partial charge in [-0.05, 0) is 41.8 Å². The Balaban J connectivity index is 1.65. The van der Waals surface area contributed by atoms with E-state index in [4.69, 9.17) is 0 Å². The molecule has 142 valence electrons. The van der Waals surface area contributed by atoms with Crippen molar-refractivity contribution in [3.8, 4) is 0 Å². The molecule has 0 unspecified atom stereocenters. The maximum Gasteiger partial charge on any atom is 0.319 e. The maximum absolute atomic E-state index is 12.9. The van der Waals surface area contributed by atoms with E-state index in [0.29, 0.717) is 18.8 Å². The molecule has 3 amide bonds. The molecule has 0 saturated carbocycles. The standard InChI is InChI=1S/C21H24FN3O2/c1-21(2,3)19(26)25-11-10-15-6-9-17(12-18(15)25)24-20(27)23-13-14-4-7-16(22)8-5-14/h4-9,12H,10-11,13H2,1-3H3,(H2,23,24,27). The zero-order valence-corrected chi connectivity index (χ0v) is 15.8. The van der Waals surface area contributed by atoms with E-state index in [1.807, 2.05) is 39.0 Å². The number of urea groups is 1. The van der Waals surface area contributed by atoms with Gasteiger partial charge in [0.1, 0.15) is 5.82 Å². The van der Waals surface area contributed by atoms with Gasteiger partial charge in [-0.2, -0.15) is 0 Å². The molecule has 2 N–H and O–H groups in total. The fourth-order valence-corrected chi connectivity index (χ4v) is 3.03. The number of carbonyl (C=O) groups excluding carboxylic acids is 2. The average Bonchev–Trinajstić information content (AvgIpc) is 3.03. The Kier molecular flexibility index (Phi) is 5.17. The van der Waals surface area contributed by atoms with Crippen LogP contribution in [0.25, 0.3) is 0 Å². The van der Waals surface area contributed by atoms with E-state index < -0.39 is 5.41 Å². The molecule has 1 aliphatic rings. The van der Waals surface area contributed by atoms with E-state index in [1.165, 1.54) is 12.1 Å². The van der Waals surface area contributed by atoms with Gasteiger partial charge >= 0.3 is 6.03 Å². The minimum Gasteiger partial charge on any atom is -0.334 e. The highest BCUT2D eigenvalue weighted by atomic mass is 19.1. The predicted molar refractivity (Wildman–Crippen MR) is 104 cm³/mol. The topological polar surface area (TPSA) is 61.4 Å². The Morgan fingerprint density at radius 1 is 1.11 bits per heavy atom. The predicted octanol–water partition coefficient (Wildman–Crippen LogP) is 4.08. The number of rotatable bonds is 3. The van der Waals surface area contributed by atoms with Gasteiger partial charge in [-0.1, -0.05) is 39.0 Å². The molecular weight excluding hydrogens is 345 g/mol. The summed E-state index contributed by atoms with van der Waals surface area (Å²) < 4.78 is 12.9. The van der Waals surface area contributed by atoms with Crippen molar-refractivity contribution in [3.05, 3.63) is 59.4 Å². The van der Waals surface area contributed by atoms with Crippen LogP contribution in [0, 0.1) is 11.2 Å². The molecule has 1 heterocycles. The summed E-state index contributed by atoms with van der Waals surface area (Å²) in [6.45, 7) is 6.66. The summed E-state index contributed by atoms with van der Waals surface area (Å²) in [5.41, 5.74) is 2.93. The van der Waals surface area contributed by atoms with Crippen molar-refractivity contribution in [2.45, 2.75) is 33.7 Å². The van der Waals surface area contributed by atoms with Crippen LogP contribution in [0.4, 0.5) is 20.6 Å². The number of nitrogens with one attached hydrogen (secondary N) is 2. The van der Waals surface area contributed by atoms with Gasteiger partial charge in [-0.25, -0.2) is 9.18 Å². The van der Waals surface area contributed by atoms with Crippen LogP contribution < -0.4 is 15.5 Å². The van der Waals surface area contributed by atoms with Gasteiger partial charge in [0.2, 0.25) is 5.91 Å². The second-order valence-corrected chi connectivity index (χ2v) is 7.73. The molecule has 0 aromatic heterocycles. The Morgan fingerprint density at radius 2 is 1.81 bits per heavy atom. The van der Waals surface area contributed by atoms with E-state index in [0.717, 1.165) is 23.2 Å². The summed E-state index contributed by atoms with van der Waals surface area (Å²) in [6, 6.07) is 11.2. The molecule has 2 aromatic rings. The van der Waals surface area contributed by atoms with Crippen LogP contribution in [0.3, 0.4) is 0 Å². The molecule has 2 aromatic carbocycles. The first-order chi connectivity index (χ1) is 12.7. The summed E-state index contributed by atoms with van der Waals surface area (Å²) in [5, 5.41) is 5.53. The van der Waals surface area contributed by atoms with Gasteiger partial charge in [0.25, 0.3) is 0 Å². The molecule has 0 spiro atoms. The first-order valence-corrected chi connectivity index (χ1v) is 8.98. The number of benzene rings is 2. The van der Waals surface area contributed by atoms with E-state index in [1.54, 1.807) is 17.0 Å². The van der Waals surface area contributed by atoms with Crippen LogP contribution in [0.15, 0.2) is 42.5 Å². The van der Waals surface area contributed by atoms with E-state index in [-0.39, 0.29) is 17.8 Å². The van der Waals surface area contributed by atoms with Crippen LogP contribution in [0.1, 0.15) is 31.9 Å². The second kappa shape index (κ2) is 7.39. The zero-order valence-electron chi connectivity index (χ0n) is 15.8. The van der Waals surface area contributed by atoms with Crippen molar-refractivity contribution in [3.63, 3.8) is 0 Å². The highest BCUT2D eigenvalue weighted by Crippen LogP contribution is 2.33. The molecule has 0 bridgehead atoms. The highest BCUT2D eigenvalue weighted by molar-refractivity contribution is 6.00. The third-order valence-corrected chi connectivity index (χ3v) is 4.49. The summed E-state index contributed by atoms with van der Waals surface area (Å²) in [6.07, 6.45) is 0.814. The van der Waals surface area contributed by atoms with Crippen LogP contribution in [-0.4, -0.2) is 18.5 Å². The minimum atomic E-state index is -0.461. The summed E-state index contributed by atoms with van der Waals surface area (Å²) in [7, 11) is 0. The molecule has 5 nitrogen and oxygen atoms in total. The molecule has 0 radical (unpaired) electrons. The summed E-state index contributed by atoms with van der Waals surface area (Å²) in [5.74, 6) is -0.241. The van der Waals surface area contributed by atoms with Crippen molar-refractivity contribution in [1.29, 1.82) is 0 Å². The Morgan fingerprint density at radius 3 is 2.48 bits per heavy atom. The van der Waals surface area contributed by atoms with Crippen molar-refractivity contribution in [2.24, 2.45) is 5.41 Å². The van der Waals surface area contributed by atoms with Crippen molar-refractivity contribution >= 4 is 23.3 Å². The van der Waals surface area contributed by atoms with Gasteiger partial charge in [-0.15, -0.1) is 0 Å². The number of carbonyl (C=O) groups is 2. The van der Waals surface area contributed by atoms with Gasteiger partial charge in [0.05, 0.1) is 0 Å². The number of fused-ring (bicyclic) bond motifs is 1. The Hall–Kier alpha value is -2.89. The number of nitrogens with zero attached hydrogens (tertiary/aromatic N) is 1. The van der Waals surface area contributed by atoms with Gasteiger partial charge in [0.15, 0.2) is 0 Å². The molecule has 1 aliphatic heterocycles. The lowest BCUT2D eigenvalue weighted by Crippen LogP contribution is -2.38. The lowest BCUT2D eigenvalue weighted by atomic mass is 9.94. The fraction of sp³-hybridized carbons (Fsp3) is 0.333. The normalized spacial score (nSPS) is 13.3. The summed E-state index contributed by atoms with van der Waals surface area (Å²) in [4.78, 5) is 26.6. The lowest BCUT2D eigenvalue weighted by molar-refractivity contribution is -0.125. The van der Waals surface area contributed by atoms with Gasteiger partial charge < -0.3 is 15.5 Å². The van der Waals surface area contributed by atoms with Crippen LogP contribution in [0.5, 0.6) is 0 Å². The molecular formula is C21H24FN3O2. The summed E-state index contributed by atoms with van der Waals surface area (Å²) >= 11 is 0. The number of hydrogen-bond acceptors (Lipinski definition) is 2. The molecule has 3 rings (SSSR count). The van der Waals surface area contributed by atoms with Crippen LogP contribution in [0.2, 0.25) is 0 Å². The monoisotopic (exact) mass is 369 g/mol. The quantitative estimate of drug-likeness (QED) is 0.856. The average molecular weight is 369 g/mol. The fourth-order valence-electron chi connectivity index (χ4n) is 3.03. The van der Waals surface area contributed by atoms with Crippen molar-refractivity contribution in [1.82, 2.24) is 5.32 Å². The van der Waals surface area contributed by atoms with Gasteiger partial charge in [-0.3, -0.25) is 4.79 Å². The van der Waals surface area contributed by atoms with Crippen LogP contribution in [-0.2, 0) is 17.8 Å². The third-order valence-electron chi connectivity index (χ3n) is 4.49. The lowest BCUT2D eigenvalue weighted by Gasteiger charge is -2.26. The Bertz CT molecular complexity index is 857. The van der Waals surface area contributed by atoms with Crippen LogP contribution >= 0.6 is 0 Å². The van der Waals surface area contributed by atoms with Crippen molar-refractivity contribution < 1.29 is 14.0 Å². The number of halogens is 1. The molecule has 0 atom stereocenters. The molecule has 27 heavy (non-hydrogen) atoms. The Labute approximate surface area is 158 Å². The molecule has 6 heteroatoms. The SMILES string of the molecule is CC(C)(C)C(=O)N1CCc2ccc(NC(=O)NCc3ccc(F)cc3)cc21. The van der Waals surface area contributed by atoms with Crippen molar-refractivity contribution in [2.75, 3.05) is 16.8 Å². The third kappa shape index (κ3) is 4.45. The number of amides is 3. The smallest absolute Gasteiger partial charge is 0.319 e.